The van der Waals surface area contributed by atoms with Crippen molar-refractivity contribution in [3.05, 3.63) is 70.6 Å². The molecule has 5 rings (SSSR count). The van der Waals surface area contributed by atoms with E-state index in [-0.39, 0.29) is 11.3 Å². The van der Waals surface area contributed by atoms with E-state index in [9.17, 15) is 14.7 Å². The second-order valence-electron chi connectivity index (χ2n) is 7.73. The van der Waals surface area contributed by atoms with Crippen molar-refractivity contribution < 1.29 is 9.90 Å². The number of pyridine rings is 1. The quantitative estimate of drug-likeness (QED) is 0.760. The fourth-order valence-corrected chi connectivity index (χ4v) is 5.33. The number of carbonyl (C=O) groups excluding carboxylic acids is 1. The smallest absolute Gasteiger partial charge is 0.261 e. The van der Waals surface area contributed by atoms with E-state index in [1.165, 1.54) is 0 Å². The van der Waals surface area contributed by atoms with E-state index in [1.54, 1.807) is 4.57 Å². The lowest BCUT2D eigenvalue weighted by atomic mass is 9.75. The Kier molecular flexibility index (Phi) is 3.29. The van der Waals surface area contributed by atoms with Crippen molar-refractivity contribution in [2.75, 3.05) is 0 Å². The molecule has 0 radical (unpaired) electrons. The Morgan fingerprint density at radius 1 is 1.00 bits per heavy atom. The van der Waals surface area contributed by atoms with Gasteiger partial charge in [0, 0.05) is 35.9 Å². The van der Waals surface area contributed by atoms with E-state index in [1.807, 2.05) is 61.5 Å². The summed E-state index contributed by atoms with van der Waals surface area (Å²) in [4.78, 5) is 26.3. The van der Waals surface area contributed by atoms with Crippen LogP contribution in [-0.2, 0) is 16.9 Å². The SMILES string of the molecule is CCC12Cc3c(-c4ccccc4)c4ccccc4c(=O)n3C1(O)CCC2=O. The van der Waals surface area contributed by atoms with Gasteiger partial charge in [-0.1, -0.05) is 55.5 Å². The van der Waals surface area contributed by atoms with Gasteiger partial charge in [-0.2, -0.15) is 0 Å². The first kappa shape index (κ1) is 16.5. The summed E-state index contributed by atoms with van der Waals surface area (Å²) in [5, 5.41) is 13.1. The molecule has 0 amide bonds. The molecule has 1 fully saturated rings. The van der Waals surface area contributed by atoms with Crippen LogP contribution in [-0.4, -0.2) is 15.5 Å². The highest BCUT2D eigenvalue weighted by Gasteiger charge is 2.64. The molecule has 1 N–H and O–H groups in total. The lowest BCUT2D eigenvalue weighted by Gasteiger charge is -2.34. The first-order chi connectivity index (χ1) is 13.0. The molecule has 136 valence electrons. The molecule has 1 aromatic heterocycles. The number of hydrogen-bond acceptors (Lipinski definition) is 3. The second-order valence-corrected chi connectivity index (χ2v) is 7.73. The molecular weight excluding hydrogens is 338 g/mol. The number of hydrogen-bond donors (Lipinski definition) is 1. The van der Waals surface area contributed by atoms with Crippen LogP contribution in [0.3, 0.4) is 0 Å². The lowest BCUT2D eigenvalue weighted by Crippen LogP contribution is -2.48. The summed E-state index contributed by atoms with van der Waals surface area (Å²) >= 11 is 0. The van der Waals surface area contributed by atoms with Gasteiger partial charge >= 0.3 is 0 Å². The number of carbonyl (C=O) groups is 1. The highest BCUT2D eigenvalue weighted by Crippen LogP contribution is 2.57. The molecule has 1 aliphatic heterocycles. The van der Waals surface area contributed by atoms with Crippen molar-refractivity contribution in [2.24, 2.45) is 5.41 Å². The number of nitrogens with zero attached hydrogens (tertiary/aromatic N) is 1. The topological polar surface area (TPSA) is 59.3 Å². The molecule has 0 saturated heterocycles. The molecule has 2 unspecified atom stereocenters. The zero-order valence-electron chi connectivity index (χ0n) is 15.2. The summed E-state index contributed by atoms with van der Waals surface area (Å²) in [6, 6.07) is 17.5. The molecule has 4 nitrogen and oxygen atoms in total. The minimum Gasteiger partial charge on any atom is -0.369 e. The Morgan fingerprint density at radius 2 is 1.67 bits per heavy atom. The van der Waals surface area contributed by atoms with Crippen molar-refractivity contribution in [3.63, 3.8) is 0 Å². The lowest BCUT2D eigenvalue weighted by molar-refractivity contribution is -0.146. The van der Waals surface area contributed by atoms with Crippen molar-refractivity contribution in [1.82, 2.24) is 4.57 Å². The molecule has 2 atom stereocenters. The van der Waals surface area contributed by atoms with Crippen molar-refractivity contribution in [3.8, 4) is 11.1 Å². The number of fused-ring (bicyclic) bond motifs is 4. The maximum Gasteiger partial charge on any atom is 0.261 e. The third kappa shape index (κ3) is 1.86. The number of Topliss-reactive ketones (excluding diaryl/α,β-unsaturated/α-hetero) is 1. The Morgan fingerprint density at radius 3 is 2.37 bits per heavy atom. The first-order valence-corrected chi connectivity index (χ1v) is 9.52. The molecule has 4 heteroatoms. The van der Waals surface area contributed by atoms with Gasteiger partial charge in [-0.05, 0) is 23.4 Å². The maximum absolute atomic E-state index is 13.4. The molecule has 2 aromatic carbocycles. The second kappa shape index (κ2) is 5.40. The number of aromatic nitrogens is 1. The fourth-order valence-electron chi connectivity index (χ4n) is 5.33. The molecule has 1 saturated carbocycles. The van der Waals surface area contributed by atoms with Crippen LogP contribution in [0.4, 0.5) is 0 Å². The highest BCUT2D eigenvalue weighted by molar-refractivity contribution is 5.99. The van der Waals surface area contributed by atoms with Crippen LogP contribution >= 0.6 is 0 Å². The zero-order valence-corrected chi connectivity index (χ0v) is 15.2. The predicted molar refractivity (Wildman–Crippen MR) is 105 cm³/mol. The number of rotatable bonds is 2. The van der Waals surface area contributed by atoms with Gasteiger partial charge in [-0.25, -0.2) is 0 Å². The van der Waals surface area contributed by atoms with E-state index in [2.05, 4.69) is 0 Å². The fraction of sp³-hybridized carbons (Fsp3) is 0.304. The van der Waals surface area contributed by atoms with Gasteiger partial charge in [0.1, 0.15) is 5.78 Å². The van der Waals surface area contributed by atoms with E-state index >= 15 is 0 Å². The van der Waals surface area contributed by atoms with Crippen LogP contribution in [0.1, 0.15) is 31.9 Å². The summed E-state index contributed by atoms with van der Waals surface area (Å²) in [5.74, 6) is 0.0682. The van der Waals surface area contributed by atoms with Gasteiger partial charge in [0.2, 0.25) is 0 Å². The molecule has 27 heavy (non-hydrogen) atoms. The third-order valence-electron chi connectivity index (χ3n) is 6.69. The number of benzene rings is 2. The maximum atomic E-state index is 13.4. The highest BCUT2D eigenvalue weighted by atomic mass is 16.3. The molecule has 2 heterocycles. The molecular formula is C23H21NO3. The van der Waals surface area contributed by atoms with Gasteiger partial charge in [0.25, 0.3) is 5.56 Å². The van der Waals surface area contributed by atoms with Crippen molar-refractivity contribution >= 4 is 16.6 Å². The minimum absolute atomic E-state index is 0.0682. The van der Waals surface area contributed by atoms with Crippen LogP contribution in [0.25, 0.3) is 21.9 Å². The largest absolute Gasteiger partial charge is 0.369 e. The molecule has 0 spiro atoms. The molecule has 1 aliphatic carbocycles. The van der Waals surface area contributed by atoms with Gasteiger partial charge in [0.15, 0.2) is 5.72 Å². The van der Waals surface area contributed by atoms with Crippen molar-refractivity contribution in [1.29, 1.82) is 0 Å². The Labute approximate surface area is 157 Å². The summed E-state index contributed by atoms with van der Waals surface area (Å²) in [6.45, 7) is 1.94. The predicted octanol–water partition coefficient (Wildman–Crippen LogP) is 3.63. The third-order valence-corrected chi connectivity index (χ3v) is 6.69. The van der Waals surface area contributed by atoms with Crippen LogP contribution < -0.4 is 5.56 Å². The molecule has 2 aliphatic rings. The summed E-state index contributed by atoms with van der Waals surface area (Å²) in [7, 11) is 0. The average molecular weight is 359 g/mol. The Bertz CT molecular complexity index is 1150. The first-order valence-electron chi connectivity index (χ1n) is 9.52. The van der Waals surface area contributed by atoms with E-state index in [0.717, 1.165) is 22.2 Å². The average Bonchev–Trinajstić information content (AvgIpc) is 3.10. The zero-order chi connectivity index (χ0) is 18.8. The Balaban J connectivity index is 1.96. The van der Waals surface area contributed by atoms with Gasteiger partial charge < -0.3 is 5.11 Å². The molecule has 0 bridgehead atoms. The van der Waals surface area contributed by atoms with E-state index in [4.69, 9.17) is 0 Å². The number of ketones is 1. The normalized spacial score (nSPS) is 26.4. The van der Waals surface area contributed by atoms with Crippen molar-refractivity contribution in [2.45, 2.75) is 38.3 Å². The van der Waals surface area contributed by atoms with Gasteiger partial charge in [-0.3, -0.25) is 14.2 Å². The van der Waals surface area contributed by atoms with Crippen LogP contribution in [0.5, 0.6) is 0 Å². The standard InChI is InChI=1S/C23H21NO3/c1-2-22-14-18-20(15-8-4-3-5-9-15)16-10-6-7-11-17(16)21(26)24(18)23(22,27)13-12-19(22)25/h3-11,27H,2,12-14H2,1H3. The van der Waals surface area contributed by atoms with Crippen LogP contribution in [0.15, 0.2) is 59.4 Å². The van der Waals surface area contributed by atoms with Gasteiger partial charge in [-0.15, -0.1) is 0 Å². The van der Waals surface area contributed by atoms with E-state index in [0.29, 0.717) is 31.1 Å². The number of aliphatic hydroxyl groups is 1. The Hall–Kier alpha value is -2.72. The summed E-state index contributed by atoms with van der Waals surface area (Å²) < 4.78 is 1.55. The molecule has 3 aromatic rings. The minimum atomic E-state index is -1.43. The van der Waals surface area contributed by atoms with E-state index < -0.39 is 11.1 Å². The summed E-state index contributed by atoms with van der Waals surface area (Å²) in [6.07, 6.45) is 1.56. The monoisotopic (exact) mass is 359 g/mol. The van der Waals surface area contributed by atoms with Gasteiger partial charge in [0.05, 0.1) is 5.41 Å². The van der Waals surface area contributed by atoms with Crippen LogP contribution in [0, 0.1) is 5.41 Å². The van der Waals surface area contributed by atoms with Crippen LogP contribution in [0.2, 0.25) is 0 Å². The summed E-state index contributed by atoms with van der Waals surface area (Å²) in [5.41, 5.74) is 0.197.